The third-order valence-corrected chi connectivity index (χ3v) is 2.94. The minimum absolute atomic E-state index is 0.374. The molecule has 104 valence electrons. The van der Waals surface area contributed by atoms with E-state index in [4.69, 9.17) is 10.5 Å². The molecule has 0 fully saturated rings. The molecule has 1 aromatic carbocycles. The molecule has 1 aromatic heterocycles. The van der Waals surface area contributed by atoms with Crippen molar-refractivity contribution in [3.8, 4) is 17.6 Å². The molecule has 0 amide bonds. The first-order chi connectivity index (χ1) is 9.72. The van der Waals surface area contributed by atoms with E-state index >= 15 is 0 Å². The fraction of sp³-hybridized carbons (Fsp3) is 0.312. The highest BCUT2D eigenvalue weighted by Gasteiger charge is 2.01. The van der Waals surface area contributed by atoms with Crippen LogP contribution in [0.25, 0.3) is 0 Å². The van der Waals surface area contributed by atoms with Crippen molar-refractivity contribution in [2.24, 2.45) is 5.73 Å². The van der Waals surface area contributed by atoms with Gasteiger partial charge in [-0.15, -0.1) is 0 Å². The average molecular weight is 269 g/mol. The summed E-state index contributed by atoms with van der Waals surface area (Å²) in [4.78, 5) is 0. The highest BCUT2D eigenvalue weighted by molar-refractivity contribution is 5.44. The molecule has 0 atom stereocenters. The molecule has 0 aliphatic rings. The molecule has 4 nitrogen and oxygen atoms in total. The van der Waals surface area contributed by atoms with Gasteiger partial charge in [-0.05, 0) is 37.6 Å². The van der Waals surface area contributed by atoms with Crippen molar-refractivity contribution in [1.82, 2.24) is 9.78 Å². The van der Waals surface area contributed by atoms with Crippen LogP contribution in [-0.4, -0.2) is 16.3 Å². The summed E-state index contributed by atoms with van der Waals surface area (Å²) in [5.41, 5.74) is 8.52. The Morgan fingerprint density at radius 1 is 1.40 bits per heavy atom. The number of aryl methyl sites for hydroxylation is 2. The predicted octanol–water partition coefficient (Wildman–Crippen LogP) is 2.10. The van der Waals surface area contributed by atoms with Crippen molar-refractivity contribution >= 4 is 0 Å². The van der Waals surface area contributed by atoms with E-state index in [1.54, 1.807) is 0 Å². The number of benzene rings is 1. The fourth-order valence-corrected chi connectivity index (χ4v) is 1.83. The second-order valence-electron chi connectivity index (χ2n) is 4.48. The zero-order valence-electron chi connectivity index (χ0n) is 11.9. The molecule has 0 aliphatic carbocycles. The van der Waals surface area contributed by atoms with Gasteiger partial charge in [0, 0.05) is 23.9 Å². The van der Waals surface area contributed by atoms with Gasteiger partial charge in [0.1, 0.15) is 12.4 Å². The van der Waals surface area contributed by atoms with Crippen LogP contribution in [0, 0.1) is 18.8 Å². The van der Waals surface area contributed by atoms with Crippen LogP contribution in [0.1, 0.15) is 23.6 Å². The SMILES string of the molecule is CCn1cc(COc2ccc(C#CCN)c(C)c2)cn1. The quantitative estimate of drug-likeness (QED) is 0.865. The number of ether oxygens (including phenoxy) is 1. The summed E-state index contributed by atoms with van der Waals surface area (Å²) in [6, 6.07) is 5.88. The van der Waals surface area contributed by atoms with Crippen molar-refractivity contribution in [3.63, 3.8) is 0 Å². The Balaban J connectivity index is 2.01. The first-order valence-electron chi connectivity index (χ1n) is 6.66. The number of nitrogens with zero attached hydrogens (tertiary/aromatic N) is 2. The lowest BCUT2D eigenvalue weighted by atomic mass is 10.1. The molecular formula is C16H19N3O. The van der Waals surface area contributed by atoms with E-state index < -0.39 is 0 Å². The van der Waals surface area contributed by atoms with Gasteiger partial charge in [-0.3, -0.25) is 4.68 Å². The third-order valence-electron chi connectivity index (χ3n) is 2.94. The van der Waals surface area contributed by atoms with Crippen LogP contribution in [0.5, 0.6) is 5.75 Å². The molecule has 0 saturated carbocycles. The van der Waals surface area contributed by atoms with E-state index in [1.807, 2.05) is 42.2 Å². The Morgan fingerprint density at radius 2 is 2.25 bits per heavy atom. The second-order valence-corrected chi connectivity index (χ2v) is 4.48. The van der Waals surface area contributed by atoms with E-state index in [-0.39, 0.29) is 0 Å². The molecule has 2 aromatic rings. The van der Waals surface area contributed by atoms with Gasteiger partial charge in [0.05, 0.1) is 12.7 Å². The first kappa shape index (κ1) is 14.2. The lowest BCUT2D eigenvalue weighted by molar-refractivity contribution is 0.306. The van der Waals surface area contributed by atoms with Crippen LogP contribution in [0.3, 0.4) is 0 Å². The normalized spacial score (nSPS) is 9.95. The highest BCUT2D eigenvalue weighted by Crippen LogP contribution is 2.17. The number of hydrogen-bond donors (Lipinski definition) is 1. The van der Waals surface area contributed by atoms with Gasteiger partial charge in [-0.2, -0.15) is 5.10 Å². The Morgan fingerprint density at radius 3 is 2.90 bits per heavy atom. The summed E-state index contributed by atoms with van der Waals surface area (Å²) in [6.07, 6.45) is 3.82. The molecule has 2 rings (SSSR count). The van der Waals surface area contributed by atoms with E-state index in [9.17, 15) is 0 Å². The maximum Gasteiger partial charge on any atom is 0.120 e. The largest absolute Gasteiger partial charge is 0.489 e. The van der Waals surface area contributed by atoms with E-state index in [0.717, 1.165) is 29.0 Å². The molecule has 4 heteroatoms. The van der Waals surface area contributed by atoms with Crippen LogP contribution in [0.4, 0.5) is 0 Å². The monoisotopic (exact) mass is 269 g/mol. The molecular weight excluding hydrogens is 250 g/mol. The summed E-state index contributed by atoms with van der Waals surface area (Å²) in [7, 11) is 0. The average Bonchev–Trinajstić information content (AvgIpc) is 2.92. The van der Waals surface area contributed by atoms with Gasteiger partial charge >= 0.3 is 0 Å². The Bertz CT molecular complexity index is 635. The van der Waals surface area contributed by atoms with Crippen molar-refractivity contribution < 1.29 is 4.74 Å². The molecule has 20 heavy (non-hydrogen) atoms. The van der Waals surface area contributed by atoms with Gasteiger partial charge in [0.2, 0.25) is 0 Å². The van der Waals surface area contributed by atoms with Crippen molar-refractivity contribution in [3.05, 3.63) is 47.3 Å². The Kier molecular flexibility index (Phi) is 4.80. The van der Waals surface area contributed by atoms with Crippen molar-refractivity contribution in [1.29, 1.82) is 0 Å². The number of hydrogen-bond acceptors (Lipinski definition) is 3. The van der Waals surface area contributed by atoms with Crippen LogP contribution in [-0.2, 0) is 13.2 Å². The first-order valence-corrected chi connectivity index (χ1v) is 6.66. The van der Waals surface area contributed by atoms with Crippen LogP contribution in [0.2, 0.25) is 0 Å². The number of aromatic nitrogens is 2. The van der Waals surface area contributed by atoms with E-state index in [0.29, 0.717) is 13.2 Å². The van der Waals surface area contributed by atoms with Crippen LogP contribution < -0.4 is 10.5 Å². The van der Waals surface area contributed by atoms with Crippen LogP contribution in [0.15, 0.2) is 30.6 Å². The van der Waals surface area contributed by atoms with E-state index in [2.05, 4.69) is 23.9 Å². The van der Waals surface area contributed by atoms with Gasteiger partial charge in [0.25, 0.3) is 0 Å². The molecule has 2 N–H and O–H groups in total. The lowest BCUT2D eigenvalue weighted by Gasteiger charge is -2.06. The molecule has 0 radical (unpaired) electrons. The molecule has 0 aliphatic heterocycles. The second kappa shape index (κ2) is 6.78. The third kappa shape index (κ3) is 3.62. The highest BCUT2D eigenvalue weighted by atomic mass is 16.5. The lowest BCUT2D eigenvalue weighted by Crippen LogP contribution is -1.96. The minimum atomic E-state index is 0.374. The summed E-state index contributed by atoms with van der Waals surface area (Å²) >= 11 is 0. The van der Waals surface area contributed by atoms with Crippen LogP contribution >= 0.6 is 0 Å². The Labute approximate surface area is 119 Å². The predicted molar refractivity (Wildman–Crippen MR) is 79.3 cm³/mol. The zero-order valence-corrected chi connectivity index (χ0v) is 11.9. The maximum absolute atomic E-state index is 5.76. The Hall–Kier alpha value is -2.25. The smallest absolute Gasteiger partial charge is 0.120 e. The van der Waals surface area contributed by atoms with Crippen molar-refractivity contribution in [2.75, 3.05) is 6.54 Å². The zero-order chi connectivity index (χ0) is 14.4. The summed E-state index contributed by atoms with van der Waals surface area (Å²) in [6.45, 7) is 5.84. The summed E-state index contributed by atoms with van der Waals surface area (Å²) < 4.78 is 7.65. The topological polar surface area (TPSA) is 53.1 Å². The van der Waals surface area contributed by atoms with Gasteiger partial charge < -0.3 is 10.5 Å². The number of nitrogens with two attached hydrogens (primary N) is 1. The van der Waals surface area contributed by atoms with Gasteiger partial charge in [0.15, 0.2) is 0 Å². The summed E-state index contributed by atoms with van der Waals surface area (Å²) in [5, 5.41) is 4.22. The molecule has 0 saturated heterocycles. The number of rotatable bonds is 4. The standard InChI is InChI=1S/C16H19N3O/c1-3-19-11-14(10-18-19)12-20-16-7-6-15(5-4-8-17)13(2)9-16/h6-7,9-11H,3,8,12,17H2,1-2H3. The van der Waals surface area contributed by atoms with Crippen molar-refractivity contribution in [2.45, 2.75) is 27.0 Å². The van der Waals surface area contributed by atoms with Gasteiger partial charge in [-0.1, -0.05) is 11.8 Å². The minimum Gasteiger partial charge on any atom is -0.489 e. The van der Waals surface area contributed by atoms with E-state index in [1.165, 1.54) is 0 Å². The van der Waals surface area contributed by atoms with Gasteiger partial charge in [-0.25, -0.2) is 0 Å². The molecule has 1 heterocycles. The molecule has 0 bridgehead atoms. The fourth-order valence-electron chi connectivity index (χ4n) is 1.83. The molecule has 0 spiro atoms. The molecule has 0 unspecified atom stereocenters. The summed E-state index contributed by atoms with van der Waals surface area (Å²) in [5.74, 6) is 6.74. The maximum atomic E-state index is 5.76.